The molecule has 4 rings (SSSR count). The zero-order valence-corrected chi connectivity index (χ0v) is 16.1. The van der Waals surface area contributed by atoms with Crippen LogP contribution in [0.4, 0.5) is 5.69 Å². The highest BCUT2D eigenvalue weighted by atomic mass is 16.8. The van der Waals surface area contributed by atoms with E-state index in [1.807, 2.05) is 37.3 Å². The van der Waals surface area contributed by atoms with Gasteiger partial charge in [0, 0.05) is 6.07 Å². The van der Waals surface area contributed by atoms with Crippen molar-refractivity contribution in [1.29, 1.82) is 0 Å². The Morgan fingerprint density at radius 1 is 1.03 bits per heavy atom. The van der Waals surface area contributed by atoms with Crippen LogP contribution in [0.5, 0.6) is 11.5 Å². The lowest BCUT2D eigenvalue weighted by Crippen LogP contribution is -2.06. The third-order valence-electron chi connectivity index (χ3n) is 4.70. The van der Waals surface area contributed by atoms with Gasteiger partial charge >= 0.3 is 0 Å². The van der Waals surface area contributed by atoms with E-state index >= 15 is 0 Å². The second-order valence-electron chi connectivity index (χ2n) is 6.75. The summed E-state index contributed by atoms with van der Waals surface area (Å²) in [7, 11) is 0. The molecule has 1 aromatic heterocycles. The molecule has 0 fully saturated rings. The fraction of sp³-hybridized carbons (Fsp3) is 0.0870. The molecule has 0 radical (unpaired) electrons. The molecule has 0 spiro atoms. The first-order valence-electron chi connectivity index (χ1n) is 9.26. The van der Waals surface area contributed by atoms with E-state index in [1.54, 1.807) is 24.3 Å². The summed E-state index contributed by atoms with van der Waals surface area (Å²) in [4.78, 5) is 0. The van der Waals surface area contributed by atoms with Crippen molar-refractivity contribution in [1.82, 2.24) is 5.16 Å². The predicted octanol–water partition coefficient (Wildman–Crippen LogP) is 5.30. The summed E-state index contributed by atoms with van der Waals surface area (Å²) in [5.74, 6) is 0.980. The van der Waals surface area contributed by atoms with Crippen molar-refractivity contribution in [2.45, 2.75) is 13.5 Å². The summed E-state index contributed by atoms with van der Waals surface area (Å²) in [6, 6.07) is 21.0. The van der Waals surface area contributed by atoms with Crippen LogP contribution in [-0.4, -0.2) is 15.5 Å². The van der Waals surface area contributed by atoms with Gasteiger partial charge in [0.2, 0.25) is 0 Å². The van der Waals surface area contributed by atoms with Gasteiger partial charge in [-0.1, -0.05) is 47.6 Å². The summed E-state index contributed by atoms with van der Waals surface area (Å²) in [6.45, 7) is 2.10. The topological polar surface area (TPSA) is 102 Å². The normalized spacial score (nSPS) is 10.8. The Morgan fingerprint density at radius 3 is 2.43 bits per heavy atom. The van der Waals surface area contributed by atoms with Gasteiger partial charge in [-0.3, -0.25) is 5.21 Å². The maximum Gasteiger partial charge on any atom is 0.178 e. The van der Waals surface area contributed by atoms with Gasteiger partial charge < -0.3 is 24.8 Å². The van der Waals surface area contributed by atoms with Gasteiger partial charge in [0.1, 0.15) is 18.1 Å². The van der Waals surface area contributed by atoms with Crippen LogP contribution in [0.25, 0.3) is 22.5 Å². The fourth-order valence-electron chi connectivity index (χ4n) is 3.18. The monoisotopic (exact) mass is 403 g/mol. The Labute approximate surface area is 172 Å². The minimum atomic E-state index is -0.198. The molecular weight excluding hydrogens is 384 g/mol. The molecular formula is C23H19N2O5-. The smallest absolute Gasteiger partial charge is 0.178 e. The van der Waals surface area contributed by atoms with Crippen LogP contribution in [0.2, 0.25) is 0 Å². The number of phenols is 1. The predicted molar refractivity (Wildman–Crippen MR) is 112 cm³/mol. The number of rotatable bonds is 6. The lowest BCUT2D eigenvalue weighted by molar-refractivity contribution is 0.295. The van der Waals surface area contributed by atoms with Crippen molar-refractivity contribution >= 4 is 5.69 Å². The minimum absolute atomic E-state index is 0.0125. The van der Waals surface area contributed by atoms with E-state index in [1.165, 1.54) is 18.2 Å². The van der Waals surface area contributed by atoms with E-state index in [4.69, 9.17) is 14.5 Å². The van der Waals surface area contributed by atoms with Gasteiger partial charge in [0.25, 0.3) is 0 Å². The Bertz CT molecular complexity index is 1140. The standard InChI is InChI=1S/C23H19N2O5/c1-15-22(17-5-3-2-4-6-17)23(30-24-15)20-12-11-19(13-21(20)26)29-14-16-7-9-18(10-8-16)25(27)28/h2-13,26-27H,14H2,1H3/q-1. The molecule has 30 heavy (non-hydrogen) atoms. The molecule has 7 heteroatoms. The Balaban J connectivity index is 1.55. The van der Waals surface area contributed by atoms with E-state index in [9.17, 15) is 10.3 Å². The summed E-state index contributed by atoms with van der Waals surface area (Å²) in [5, 5.41) is 34.2. The molecule has 7 nitrogen and oxygen atoms in total. The molecule has 152 valence electrons. The van der Waals surface area contributed by atoms with Crippen molar-refractivity contribution in [2.75, 3.05) is 5.23 Å². The van der Waals surface area contributed by atoms with Crippen molar-refractivity contribution in [2.24, 2.45) is 0 Å². The number of hydrogen-bond donors (Lipinski definition) is 2. The van der Waals surface area contributed by atoms with Crippen LogP contribution in [0.15, 0.2) is 77.3 Å². The third-order valence-corrected chi connectivity index (χ3v) is 4.70. The Kier molecular flexibility index (Phi) is 5.38. The van der Waals surface area contributed by atoms with Crippen LogP contribution >= 0.6 is 0 Å². The van der Waals surface area contributed by atoms with Gasteiger partial charge in [0.05, 0.1) is 22.5 Å². The second-order valence-corrected chi connectivity index (χ2v) is 6.75. The van der Waals surface area contributed by atoms with Crippen LogP contribution < -0.4 is 9.96 Å². The van der Waals surface area contributed by atoms with Gasteiger partial charge in [-0.15, -0.1) is 0 Å². The maximum atomic E-state index is 10.8. The third kappa shape index (κ3) is 3.98. The maximum absolute atomic E-state index is 10.8. The highest BCUT2D eigenvalue weighted by Gasteiger charge is 2.19. The molecule has 0 atom stereocenters. The summed E-state index contributed by atoms with van der Waals surface area (Å²) in [5.41, 5.74) is 3.98. The number of hydrogen-bond acceptors (Lipinski definition) is 7. The lowest BCUT2D eigenvalue weighted by atomic mass is 9.99. The van der Waals surface area contributed by atoms with Crippen molar-refractivity contribution in [3.05, 3.63) is 89.3 Å². The molecule has 0 aliphatic rings. The molecule has 0 aliphatic heterocycles. The second kappa shape index (κ2) is 8.28. The molecule has 1 heterocycles. The number of aromatic hydroxyl groups is 1. The van der Waals surface area contributed by atoms with Gasteiger partial charge in [0.15, 0.2) is 5.76 Å². The first kappa shape index (κ1) is 19.5. The number of aryl methyl sites for hydroxylation is 1. The van der Waals surface area contributed by atoms with Gasteiger partial charge in [-0.25, -0.2) is 0 Å². The zero-order valence-electron chi connectivity index (χ0n) is 16.1. The SMILES string of the molecule is Cc1noc(-c2ccc(OCc3ccc(N([O-])O)cc3)cc2O)c1-c1ccccc1. The largest absolute Gasteiger partial charge is 0.733 e. The number of nitrogens with zero attached hydrogens (tertiary/aromatic N) is 2. The molecule has 0 aliphatic carbocycles. The summed E-state index contributed by atoms with van der Waals surface area (Å²) < 4.78 is 11.2. The molecule has 4 aromatic rings. The van der Waals surface area contributed by atoms with Crippen molar-refractivity contribution in [3.8, 4) is 33.9 Å². The quantitative estimate of drug-likeness (QED) is 0.421. The number of phenolic OH excluding ortho intramolecular Hbond substituents is 1. The van der Waals surface area contributed by atoms with Gasteiger partial charge in [-0.2, -0.15) is 0 Å². The molecule has 0 saturated heterocycles. The van der Waals surface area contributed by atoms with E-state index in [0.717, 1.165) is 22.4 Å². The average molecular weight is 403 g/mol. The van der Waals surface area contributed by atoms with Gasteiger partial charge in [-0.05, 0) is 42.3 Å². The van der Waals surface area contributed by atoms with Crippen molar-refractivity contribution in [3.63, 3.8) is 0 Å². The lowest BCUT2D eigenvalue weighted by Gasteiger charge is -2.21. The molecule has 0 unspecified atom stereocenters. The van der Waals surface area contributed by atoms with E-state index < -0.39 is 0 Å². The first-order valence-corrected chi connectivity index (χ1v) is 9.26. The van der Waals surface area contributed by atoms with E-state index in [-0.39, 0.29) is 23.3 Å². The highest BCUT2D eigenvalue weighted by molar-refractivity contribution is 5.83. The first-order chi connectivity index (χ1) is 14.5. The average Bonchev–Trinajstić information content (AvgIpc) is 3.14. The number of ether oxygens (including phenoxy) is 1. The molecule has 3 aromatic carbocycles. The van der Waals surface area contributed by atoms with E-state index in [0.29, 0.717) is 17.1 Å². The van der Waals surface area contributed by atoms with Crippen molar-refractivity contribution < 1.29 is 19.6 Å². The van der Waals surface area contributed by atoms with E-state index in [2.05, 4.69) is 5.16 Å². The summed E-state index contributed by atoms with van der Waals surface area (Å²) >= 11 is 0. The highest BCUT2D eigenvalue weighted by Crippen LogP contribution is 2.40. The van der Waals surface area contributed by atoms with Crippen LogP contribution in [0.1, 0.15) is 11.3 Å². The fourth-order valence-corrected chi connectivity index (χ4v) is 3.18. The molecule has 0 saturated carbocycles. The zero-order chi connectivity index (χ0) is 21.1. The minimum Gasteiger partial charge on any atom is -0.733 e. The van der Waals surface area contributed by atoms with Crippen LogP contribution in [-0.2, 0) is 6.61 Å². The molecule has 0 amide bonds. The summed E-state index contributed by atoms with van der Waals surface area (Å²) in [6.07, 6.45) is 0. The van der Waals surface area contributed by atoms with Crippen LogP contribution in [0.3, 0.4) is 0 Å². The number of anilines is 1. The molecule has 2 N–H and O–H groups in total. The Hall–Kier alpha value is -3.81. The molecule has 0 bridgehead atoms. The van der Waals surface area contributed by atoms with Crippen LogP contribution in [0, 0.1) is 12.1 Å². The number of aromatic nitrogens is 1. The Morgan fingerprint density at radius 2 is 1.77 bits per heavy atom. The number of benzene rings is 3.